The van der Waals surface area contributed by atoms with E-state index < -0.39 is 41.2 Å². The Bertz CT molecular complexity index is 1230. The number of nitrogens with zero attached hydrogens (tertiary/aromatic N) is 4. The number of rotatable bonds is 4. The molecule has 1 aromatic heterocycles. The first-order chi connectivity index (χ1) is 17.9. The molecule has 1 aromatic carbocycles. The summed E-state index contributed by atoms with van der Waals surface area (Å²) < 4.78 is 69.3. The normalized spacial score (nSPS) is 24.0. The van der Waals surface area contributed by atoms with Gasteiger partial charge in [0.25, 0.3) is 0 Å². The predicted octanol–water partition coefficient (Wildman–Crippen LogP) is 4.79. The zero-order valence-corrected chi connectivity index (χ0v) is 21.7. The smallest absolute Gasteiger partial charge is 0.353 e. The maximum absolute atomic E-state index is 15.2. The van der Waals surface area contributed by atoms with Crippen LogP contribution < -0.4 is 10.2 Å². The van der Waals surface area contributed by atoms with Crippen molar-refractivity contribution in [3.05, 3.63) is 52.5 Å². The molecule has 0 spiro atoms. The largest absolute Gasteiger partial charge is 0.419 e. The second-order valence-electron chi connectivity index (χ2n) is 11.3. The molecule has 2 saturated heterocycles. The molecule has 11 heteroatoms. The van der Waals surface area contributed by atoms with E-state index in [2.05, 4.69) is 27.1 Å². The number of aromatic nitrogens is 2. The van der Waals surface area contributed by atoms with Gasteiger partial charge in [0.1, 0.15) is 12.1 Å². The Hall–Kier alpha value is -2.82. The number of nitrogens with one attached hydrogen (secondary N) is 1. The van der Waals surface area contributed by atoms with Crippen LogP contribution in [0, 0.1) is 11.6 Å². The van der Waals surface area contributed by atoms with Crippen LogP contribution in [0.15, 0.2) is 18.5 Å². The van der Waals surface area contributed by atoms with E-state index in [-0.39, 0.29) is 11.1 Å². The minimum atomic E-state index is -5.04. The second kappa shape index (κ2) is 9.73. The summed E-state index contributed by atoms with van der Waals surface area (Å²) in [5.74, 6) is -3.93. The predicted molar refractivity (Wildman–Crippen MR) is 132 cm³/mol. The Balaban J connectivity index is 1.40. The molecule has 1 aliphatic carbocycles. The highest BCUT2D eigenvalue weighted by atomic mass is 19.4. The number of amides is 1. The molecule has 3 heterocycles. The Kier molecular flexibility index (Phi) is 6.86. The molecular formula is C27H32F5N5O. The van der Waals surface area contributed by atoms with Crippen molar-refractivity contribution in [3.63, 3.8) is 0 Å². The number of halogens is 5. The topological polar surface area (TPSA) is 61.4 Å². The minimum Gasteiger partial charge on any atom is -0.353 e. The van der Waals surface area contributed by atoms with Gasteiger partial charge < -0.3 is 15.1 Å². The van der Waals surface area contributed by atoms with Gasteiger partial charge in [-0.05, 0) is 51.5 Å². The number of alkyl halides is 3. The minimum absolute atomic E-state index is 0.337. The van der Waals surface area contributed by atoms with E-state index in [1.165, 1.54) is 0 Å². The lowest BCUT2D eigenvalue weighted by Crippen LogP contribution is -2.53. The highest BCUT2D eigenvalue weighted by Crippen LogP contribution is 2.40. The van der Waals surface area contributed by atoms with E-state index in [1.807, 2.05) is 13.8 Å². The molecule has 1 N–H and O–H groups in total. The number of anilines is 1. The molecule has 6 nitrogen and oxygen atoms in total. The third-order valence-corrected chi connectivity index (χ3v) is 8.22. The van der Waals surface area contributed by atoms with E-state index >= 15 is 4.39 Å². The van der Waals surface area contributed by atoms with Gasteiger partial charge in [-0.1, -0.05) is 13.0 Å². The van der Waals surface area contributed by atoms with Crippen LogP contribution in [-0.4, -0.2) is 58.5 Å². The first-order valence-corrected chi connectivity index (χ1v) is 13.1. The van der Waals surface area contributed by atoms with Crippen molar-refractivity contribution < 1.29 is 26.7 Å². The second-order valence-corrected chi connectivity index (χ2v) is 11.3. The highest BCUT2D eigenvalue weighted by Gasteiger charge is 2.44. The molecule has 3 atom stereocenters. The Morgan fingerprint density at radius 2 is 1.79 bits per heavy atom. The molecule has 0 bridgehead atoms. The third-order valence-electron chi connectivity index (χ3n) is 8.22. The molecule has 0 radical (unpaired) electrons. The average molecular weight is 538 g/mol. The summed E-state index contributed by atoms with van der Waals surface area (Å²) in [4.78, 5) is 26.5. The van der Waals surface area contributed by atoms with Crippen LogP contribution in [0.2, 0.25) is 0 Å². The molecule has 3 aliphatic rings. The molecule has 2 aromatic rings. The first-order valence-electron chi connectivity index (χ1n) is 13.1. The maximum Gasteiger partial charge on any atom is 0.419 e. The monoisotopic (exact) mass is 537 g/mol. The van der Waals surface area contributed by atoms with Crippen LogP contribution in [0.4, 0.5) is 27.8 Å². The van der Waals surface area contributed by atoms with E-state index in [4.69, 9.17) is 0 Å². The van der Waals surface area contributed by atoms with Gasteiger partial charge in [0.05, 0.1) is 11.5 Å². The van der Waals surface area contributed by atoms with Gasteiger partial charge in [0.2, 0.25) is 5.91 Å². The van der Waals surface area contributed by atoms with Crippen molar-refractivity contribution in [2.45, 2.75) is 76.0 Å². The molecule has 0 saturated carbocycles. The van der Waals surface area contributed by atoms with Gasteiger partial charge in [0, 0.05) is 54.6 Å². The van der Waals surface area contributed by atoms with Crippen LogP contribution in [-0.2, 0) is 17.4 Å². The zero-order valence-electron chi connectivity index (χ0n) is 21.7. The van der Waals surface area contributed by atoms with Crippen molar-refractivity contribution in [2.24, 2.45) is 0 Å². The number of hydrogen-bond donors (Lipinski definition) is 1. The van der Waals surface area contributed by atoms with Gasteiger partial charge in [-0.2, -0.15) is 13.2 Å². The summed E-state index contributed by atoms with van der Waals surface area (Å²) in [5, 5.41) is 3.32. The SMILES string of the molecule is C[C@@H]1CCc2ncnc(N3CCN(C(=O)[C@@H](c4ccc(C(F)(F)F)c(F)c4F)[C@@H]4CCC(C)(C)N4)CC3)c21. The van der Waals surface area contributed by atoms with Gasteiger partial charge >= 0.3 is 6.18 Å². The quantitative estimate of drug-likeness (QED) is 0.569. The van der Waals surface area contributed by atoms with E-state index in [9.17, 15) is 22.4 Å². The van der Waals surface area contributed by atoms with Crippen LogP contribution in [0.25, 0.3) is 0 Å². The number of carbonyl (C=O) groups is 1. The number of piperazine rings is 1. The zero-order chi connectivity index (χ0) is 27.4. The summed E-state index contributed by atoms with van der Waals surface area (Å²) in [6, 6.07) is 0.911. The fourth-order valence-electron chi connectivity index (χ4n) is 6.17. The summed E-state index contributed by atoms with van der Waals surface area (Å²) >= 11 is 0. The fraction of sp³-hybridized carbons (Fsp3) is 0.593. The Morgan fingerprint density at radius 1 is 1.08 bits per heavy atom. The molecule has 206 valence electrons. The molecular weight excluding hydrogens is 505 g/mol. The molecule has 5 rings (SSSR count). The summed E-state index contributed by atoms with van der Waals surface area (Å²) in [6.07, 6.45) is -0.346. The van der Waals surface area contributed by atoms with Crippen LogP contribution in [0.1, 0.15) is 74.3 Å². The Labute approximate surface area is 218 Å². The number of benzene rings is 1. The van der Waals surface area contributed by atoms with Crippen LogP contribution in [0.3, 0.4) is 0 Å². The van der Waals surface area contributed by atoms with Crippen molar-refractivity contribution >= 4 is 11.7 Å². The van der Waals surface area contributed by atoms with E-state index in [0.29, 0.717) is 51.0 Å². The Morgan fingerprint density at radius 3 is 2.42 bits per heavy atom. The lowest BCUT2D eigenvalue weighted by Gasteiger charge is -2.39. The summed E-state index contributed by atoms with van der Waals surface area (Å²) in [7, 11) is 0. The molecule has 1 amide bonds. The van der Waals surface area contributed by atoms with Crippen LogP contribution in [0.5, 0.6) is 0 Å². The number of hydrogen-bond acceptors (Lipinski definition) is 5. The maximum atomic E-state index is 15.2. The standard InChI is InChI=1S/C27H32F5N5O/c1-15-4-7-18-20(15)24(34-14-33-18)36-10-12-37(13-11-36)25(38)21(19-8-9-26(2,3)35-19)16-5-6-17(27(30,31)32)23(29)22(16)28/h5-6,14-15,19,21,35H,4,7-13H2,1-3H3/t15-,19+,21+/m1/s1. The van der Waals surface area contributed by atoms with Crippen molar-refractivity contribution in [2.75, 3.05) is 31.1 Å². The number of aryl methyl sites for hydroxylation is 1. The number of fused-ring (bicyclic) bond motifs is 1. The molecule has 38 heavy (non-hydrogen) atoms. The highest BCUT2D eigenvalue weighted by molar-refractivity contribution is 5.85. The van der Waals surface area contributed by atoms with Crippen LogP contribution >= 0.6 is 0 Å². The average Bonchev–Trinajstić information content (AvgIpc) is 3.42. The van der Waals surface area contributed by atoms with Gasteiger partial charge in [0.15, 0.2) is 11.6 Å². The summed E-state index contributed by atoms with van der Waals surface area (Å²) in [6.45, 7) is 7.71. The lowest BCUT2D eigenvalue weighted by atomic mass is 9.87. The van der Waals surface area contributed by atoms with Crippen molar-refractivity contribution in [3.8, 4) is 0 Å². The fourth-order valence-corrected chi connectivity index (χ4v) is 6.17. The first kappa shape index (κ1) is 26.8. The van der Waals surface area contributed by atoms with Crippen molar-refractivity contribution in [1.82, 2.24) is 20.2 Å². The molecule has 2 aliphatic heterocycles. The van der Waals surface area contributed by atoms with Gasteiger partial charge in [-0.3, -0.25) is 4.79 Å². The van der Waals surface area contributed by atoms with E-state index in [0.717, 1.165) is 36.0 Å². The van der Waals surface area contributed by atoms with Crippen molar-refractivity contribution in [1.29, 1.82) is 0 Å². The lowest BCUT2D eigenvalue weighted by molar-refractivity contribution is -0.140. The van der Waals surface area contributed by atoms with Gasteiger partial charge in [-0.25, -0.2) is 18.7 Å². The molecule has 0 unspecified atom stereocenters. The summed E-state index contributed by atoms with van der Waals surface area (Å²) in [5.41, 5.74) is -0.168. The van der Waals surface area contributed by atoms with E-state index in [1.54, 1.807) is 11.2 Å². The molecule has 2 fully saturated rings. The number of carbonyl (C=O) groups excluding carboxylic acids is 1. The van der Waals surface area contributed by atoms with Gasteiger partial charge in [-0.15, -0.1) is 0 Å². The third kappa shape index (κ3) is 4.85.